The van der Waals surface area contributed by atoms with Gasteiger partial charge in [0.1, 0.15) is 12.2 Å². The normalized spacial score (nSPS) is 36.8. The summed E-state index contributed by atoms with van der Waals surface area (Å²) in [7, 11) is 1.22. The van der Waals surface area contributed by atoms with Crippen LogP contribution in [0, 0.1) is 0 Å². The molecule has 0 saturated carbocycles. The number of carbonyl (C=O) groups is 1. The Kier molecular flexibility index (Phi) is 2.66. The maximum absolute atomic E-state index is 10.8. The van der Waals surface area contributed by atoms with Gasteiger partial charge < -0.3 is 19.7 Å². The maximum atomic E-state index is 10.8. The number of hydrogen-bond donors (Lipinski definition) is 2. The summed E-state index contributed by atoms with van der Waals surface area (Å²) in [6.45, 7) is 1.49. The standard InChI is InChI=1S/C7H12O5/c1-3(8)5-4(9)6(12-5)7(10)11-2/h3-6,8-9H,1-2H3/t3-,4+,5-,6+/m0/s1. The summed E-state index contributed by atoms with van der Waals surface area (Å²) in [6.07, 6.45) is -3.35. The number of aliphatic hydroxyl groups is 2. The zero-order chi connectivity index (χ0) is 9.30. The molecule has 0 radical (unpaired) electrons. The third-order valence-corrected chi connectivity index (χ3v) is 1.86. The fourth-order valence-corrected chi connectivity index (χ4v) is 1.12. The second kappa shape index (κ2) is 3.38. The molecular weight excluding hydrogens is 164 g/mol. The van der Waals surface area contributed by atoms with Gasteiger partial charge >= 0.3 is 5.97 Å². The van der Waals surface area contributed by atoms with E-state index in [0.29, 0.717) is 0 Å². The van der Waals surface area contributed by atoms with Crippen LogP contribution in [0.3, 0.4) is 0 Å². The minimum absolute atomic E-state index is 0.612. The summed E-state index contributed by atoms with van der Waals surface area (Å²) in [4.78, 5) is 10.8. The van der Waals surface area contributed by atoms with Crippen molar-refractivity contribution in [3.05, 3.63) is 0 Å². The molecule has 0 aromatic rings. The monoisotopic (exact) mass is 176 g/mol. The Labute approximate surface area is 69.9 Å². The average Bonchev–Trinajstić information content (AvgIpc) is 2.00. The van der Waals surface area contributed by atoms with Crippen LogP contribution in [0.5, 0.6) is 0 Å². The van der Waals surface area contributed by atoms with Gasteiger partial charge in [-0.1, -0.05) is 0 Å². The van der Waals surface area contributed by atoms with E-state index in [0.717, 1.165) is 0 Å². The van der Waals surface area contributed by atoms with Gasteiger partial charge in [-0.25, -0.2) is 4.79 Å². The lowest BCUT2D eigenvalue weighted by molar-refractivity contribution is -0.252. The number of rotatable bonds is 2. The molecule has 1 rings (SSSR count). The molecule has 1 aliphatic rings. The van der Waals surface area contributed by atoms with Gasteiger partial charge in [0.15, 0.2) is 6.10 Å². The topological polar surface area (TPSA) is 76.0 Å². The molecule has 1 heterocycles. The molecule has 1 saturated heterocycles. The molecule has 70 valence electrons. The highest BCUT2D eigenvalue weighted by Crippen LogP contribution is 2.24. The van der Waals surface area contributed by atoms with E-state index < -0.39 is 30.4 Å². The number of carbonyl (C=O) groups excluding carboxylic acids is 1. The number of esters is 1. The first kappa shape index (κ1) is 9.44. The number of methoxy groups -OCH3 is 1. The minimum atomic E-state index is -0.961. The summed E-state index contributed by atoms with van der Waals surface area (Å²) < 4.78 is 9.24. The summed E-state index contributed by atoms with van der Waals surface area (Å²) in [6, 6.07) is 0. The molecular formula is C7H12O5. The largest absolute Gasteiger partial charge is 0.467 e. The Morgan fingerprint density at radius 2 is 2.25 bits per heavy atom. The van der Waals surface area contributed by atoms with Gasteiger partial charge in [0.25, 0.3) is 0 Å². The molecule has 0 amide bonds. The Morgan fingerprint density at radius 1 is 1.67 bits per heavy atom. The van der Waals surface area contributed by atoms with E-state index in [1.165, 1.54) is 14.0 Å². The lowest BCUT2D eigenvalue weighted by Gasteiger charge is -2.40. The highest BCUT2D eigenvalue weighted by Gasteiger charge is 2.48. The van der Waals surface area contributed by atoms with Crippen LogP contribution in [0.2, 0.25) is 0 Å². The van der Waals surface area contributed by atoms with Crippen LogP contribution in [0.4, 0.5) is 0 Å². The molecule has 2 N–H and O–H groups in total. The van der Waals surface area contributed by atoms with Gasteiger partial charge in [0.2, 0.25) is 0 Å². The summed E-state index contributed by atoms with van der Waals surface area (Å²) in [5.41, 5.74) is 0. The van der Waals surface area contributed by atoms with Crippen LogP contribution in [-0.4, -0.2) is 47.7 Å². The zero-order valence-corrected chi connectivity index (χ0v) is 6.93. The zero-order valence-electron chi connectivity index (χ0n) is 6.93. The molecule has 0 bridgehead atoms. The first-order valence-electron chi connectivity index (χ1n) is 3.67. The predicted molar refractivity (Wildman–Crippen MR) is 38.4 cm³/mol. The Morgan fingerprint density at radius 3 is 2.58 bits per heavy atom. The van der Waals surface area contributed by atoms with Crippen LogP contribution in [0.1, 0.15) is 6.92 Å². The van der Waals surface area contributed by atoms with Crippen molar-refractivity contribution in [3.63, 3.8) is 0 Å². The molecule has 0 unspecified atom stereocenters. The lowest BCUT2D eigenvalue weighted by Crippen LogP contribution is -2.61. The van der Waals surface area contributed by atoms with E-state index in [-0.39, 0.29) is 0 Å². The van der Waals surface area contributed by atoms with E-state index >= 15 is 0 Å². The van der Waals surface area contributed by atoms with Crippen molar-refractivity contribution in [2.75, 3.05) is 7.11 Å². The second-order valence-corrected chi connectivity index (χ2v) is 2.78. The molecule has 5 heteroatoms. The van der Waals surface area contributed by atoms with Gasteiger partial charge in [-0.05, 0) is 6.92 Å². The Hall–Kier alpha value is -0.650. The number of hydrogen-bond acceptors (Lipinski definition) is 5. The molecule has 4 atom stereocenters. The Bertz CT molecular complexity index is 179. The van der Waals surface area contributed by atoms with E-state index in [1.54, 1.807) is 0 Å². The minimum Gasteiger partial charge on any atom is -0.467 e. The molecule has 1 aliphatic heterocycles. The van der Waals surface area contributed by atoms with Crippen LogP contribution in [0.25, 0.3) is 0 Å². The fraction of sp³-hybridized carbons (Fsp3) is 0.857. The maximum Gasteiger partial charge on any atom is 0.337 e. The predicted octanol–water partition coefficient (Wildman–Crippen LogP) is -1.33. The Balaban J connectivity index is 2.43. The van der Waals surface area contributed by atoms with Crippen molar-refractivity contribution in [1.29, 1.82) is 0 Å². The molecule has 1 fully saturated rings. The van der Waals surface area contributed by atoms with E-state index in [9.17, 15) is 9.90 Å². The molecule has 12 heavy (non-hydrogen) atoms. The van der Waals surface area contributed by atoms with Crippen molar-refractivity contribution in [2.45, 2.75) is 31.3 Å². The summed E-state index contributed by atoms with van der Waals surface area (Å²) >= 11 is 0. The highest BCUT2D eigenvalue weighted by atomic mass is 16.6. The second-order valence-electron chi connectivity index (χ2n) is 2.78. The van der Waals surface area contributed by atoms with Crippen LogP contribution < -0.4 is 0 Å². The van der Waals surface area contributed by atoms with Crippen molar-refractivity contribution in [2.24, 2.45) is 0 Å². The molecule has 0 spiro atoms. The summed E-state index contributed by atoms with van der Waals surface area (Å²) in [5, 5.41) is 18.2. The fourth-order valence-electron chi connectivity index (χ4n) is 1.12. The van der Waals surface area contributed by atoms with Gasteiger partial charge in [-0.15, -0.1) is 0 Å². The highest BCUT2D eigenvalue weighted by molar-refractivity contribution is 5.76. The molecule has 5 nitrogen and oxygen atoms in total. The van der Waals surface area contributed by atoms with Gasteiger partial charge in [0.05, 0.1) is 13.2 Å². The van der Waals surface area contributed by atoms with Crippen molar-refractivity contribution >= 4 is 5.97 Å². The van der Waals surface area contributed by atoms with Crippen molar-refractivity contribution in [3.8, 4) is 0 Å². The molecule has 0 aromatic carbocycles. The summed E-state index contributed by atoms with van der Waals surface area (Å²) in [5.74, 6) is -0.612. The third-order valence-electron chi connectivity index (χ3n) is 1.86. The van der Waals surface area contributed by atoms with Crippen LogP contribution in [0.15, 0.2) is 0 Å². The van der Waals surface area contributed by atoms with Crippen LogP contribution in [-0.2, 0) is 14.3 Å². The van der Waals surface area contributed by atoms with Crippen molar-refractivity contribution < 1.29 is 24.5 Å². The van der Waals surface area contributed by atoms with Gasteiger partial charge in [-0.2, -0.15) is 0 Å². The number of aliphatic hydroxyl groups excluding tert-OH is 2. The quantitative estimate of drug-likeness (QED) is 0.510. The third kappa shape index (κ3) is 1.43. The van der Waals surface area contributed by atoms with Crippen molar-refractivity contribution in [1.82, 2.24) is 0 Å². The number of ether oxygens (including phenoxy) is 2. The SMILES string of the molecule is COC(=O)[C@@H]1O[C@@H]([C@H](C)O)[C@H]1O. The van der Waals surface area contributed by atoms with Gasteiger partial charge in [-0.3, -0.25) is 0 Å². The smallest absolute Gasteiger partial charge is 0.337 e. The van der Waals surface area contributed by atoms with E-state index in [2.05, 4.69) is 4.74 Å². The lowest BCUT2D eigenvalue weighted by atomic mass is 9.97. The van der Waals surface area contributed by atoms with E-state index in [4.69, 9.17) is 9.84 Å². The molecule has 0 aliphatic carbocycles. The van der Waals surface area contributed by atoms with Gasteiger partial charge in [0, 0.05) is 0 Å². The van der Waals surface area contributed by atoms with E-state index in [1.807, 2.05) is 0 Å². The molecule has 0 aromatic heterocycles. The first-order valence-corrected chi connectivity index (χ1v) is 3.67. The first-order chi connectivity index (χ1) is 5.57. The van der Waals surface area contributed by atoms with Crippen LogP contribution >= 0.6 is 0 Å². The average molecular weight is 176 g/mol.